The lowest BCUT2D eigenvalue weighted by molar-refractivity contribution is -0.145. The summed E-state index contributed by atoms with van der Waals surface area (Å²) >= 11 is 0. The third-order valence-electron chi connectivity index (χ3n) is 5.19. The molecule has 7 nitrogen and oxygen atoms in total. The molecular formula is C23H23N3O4. The Morgan fingerprint density at radius 2 is 2.00 bits per heavy atom. The molecule has 30 heavy (non-hydrogen) atoms. The van der Waals surface area contributed by atoms with Crippen molar-refractivity contribution in [2.45, 2.75) is 25.3 Å². The zero-order chi connectivity index (χ0) is 21.1. The van der Waals surface area contributed by atoms with Gasteiger partial charge in [0, 0.05) is 23.7 Å². The molecule has 1 aliphatic heterocycles. The highest BCUT2D eigenvalue weighted by atomic mass is 16.5. The maximum atomic E-state index is 12.9. The molecular weight excluding hydrogens is 382 g/mol. The van der Waals surface area contributed by atoms with Crippen LogP contribution in [-0.4, -0.2) is 42.1 Å². The van der Waals surface area contributed by atoms with Crippen LogP contribution in [0.5, 0.6) is 5.88 Å². The smallest absolute Gasteiger partial charge is 0.328 e. The largest absolute Gasteiger partial charge is 0.481 e. The molecule has 0 aliphatic carbocycles. The number of ether oxygens (including phenoxy) is 2. The fraction of sp³-hybridized carbons (Fsp3) is 0.261. The molecule has 0 spiro atoms. The molecule has 0 saturated heterocycles. The summed E-state index contributed by atoms with van der Waals surface area (Å²) in [7, 11) is 2.88. The number of methoxy groups -OCH3 is 2. The number of carbonyl (C=O) groups excluding carboxylic acids is 2. The molecule has 1 atom stereocenters. The average molecular weight is 405 g/mol. The fourth-order valence-electron chi connectivity index (χ4n) is 3.73. The van der Waals surface area contributed by atoms with Crippen molar-refractivity contribution < 1.29 is 19.1 Å². The van der Waals surface area contributed by atoms with Crippen LogP contribution < -0.4 is 10.1 Å². The van der Waals surface area contributed by atoms with E-state index in [2.05, 4.69) is 21.4 Å². The van der Waals surface area contributed by atoms with Crippen LogP contribution in [0.4, 0.5) is 0 Å². The van der Waals surface area contributed by atoms with E-state index in [9.17, 15) is 9.59 Å². The van der Waals surface area contributed by atoms with Gasteiger partial charge in [0.1, 0.15) is 6.04 Å². The Balaban J connectivity index is 1.79. The number of carbonyl (C=O) groups is 2. The van der Waals surface area contributed by atoms with Gasteiger partial charge in [-0.2, -0.15) is 0 Å². The average Bonchev–Trinajstić information content (AvgIpc) is 3.09. The number of nitrogens with one attached hydrogen (secondary N) is 2. The molecule has 0 fully saturated rings. The van der Waals surface area contributed by atoms with Crippen molar-refractivity contribution in [3.63, 3.8) is 0 Å². The number of hydrogen-bond acceptors (Lipinski definition) is 5. The number of allylic oxidation sites excluding steroid dienone is 1. The second-order valence-electron chi connectivity index (χ2n) is 7.22. The lowest BCUT2D eigenvalue weighted by atomic mass is 10.0. The predicted octanol–water partition coefficient (Wildman–Crippen LogP) is 2.58. The number of hydrogen-bond donors (Lipinski definition) is 2. The minimum absolute atomic E-state index is 0.0743. The molecule has 7 heteroatoms. The molecule has 4 rings (SSSR count). The number of amides is 1. The highest BCUT2D eigenvalue weighted by molar-refractivity contribution is 5.92. The molecule has 1 amide bonds. The lowest BCUT2D eigenvalue weighted by Crippen LogP contribution is -2.43. The van der Waals surface area contributed by atoms with Crippen LogP contribution in [-0.2, 0) is 33.6 Å². The molecule has 1 aliphatic rings. The Kier molecular flexibility index (Phi) is 5.52. The van der Waals surface area contributed by atoms with Crippen molar-refractivity contribution in [2.75, 3.05) is 14.2 Å². The van der Waals surface area contributed by atoms with Crippen molar-refractivity contribution in [1.82, 2.24) is 15.3 Å². The summed E-state index contributed by atoms with van der Waals surface area (Å²) in [6, 6.07) is 10.9. The third kappa shape index (κ3) is 4.05. The third-order valence-corrected chi connectivity index (χ3v) is 5.19. The summed E-state index contributed by atoms with van der Waals surface area (Å²) in [5.74, 6) is -0.276. The first-order chi connectivity index (χ1) is 14.6. The normalized spacial score (nSPS) is 16.6. The van der Waals surface area contributed by atoms with Crippen molar-refractivity contribution in [3.05, 3.63) is 64.9 Å². The van der Waals surface area contributed by atoms with E-state index in [1.807, 2.05) is 36.4 Å². The Bertz CT molecular complexity index is 1130. The second kappa shape index (κ2) is 8.41. The number of aromatic amines is 1. The van der Waals surface area contributed by atoms with Crippen LogP contribution in [0.2, 0.25) is 0 Å². The summed E-state index contributed by atoms with van der Waals surface area (Å²) < 4.78 is 10.2. The number of nitrogens with zero attached hydrogens (tertiary/aromatic N) is 1. The quantitative estimate of drug-likeness (QED) is 0.639. The van der Waals surface area contributed by atoms with Crippen LogP contribution in [0.25, 0.3) is 17.1 Å². The van der Waals surface area contributed by atoms with E-state index in [0.29, 0.717) is 17.8 Å². The standard InChI is InChI=1S/C23H23N3O4/c1-29-21-10-9-18-22(26-21)16-13-20(27)25-19(23(28)30-2)12-15-7-3-5-14(11-15)6-4-8-17(16)24-18/h3-5,7-11,19,24H,6,12-13H2,1-2H3,(H,25,27). The van der Waals surface area contributed by atoms with Gasteiger partial charge < -0.3 is 19.8 Å². The monoisotopic (exact) mass is 405 g/mol. The summed E-state index contributed by atoms with van der Waals surface area (Å²) in [6.07, 6.45) is 5.19. The van der Waals surface area contributed by atoms with Crippen LogP contribution >= 0.6 is 0 Å². The minimum Gasteiger partial charge on any atom is -0.481 e. The summed E-state index contributed by atoms with van der Waals surface area (Å²) in [5.41, 5.74) is 5.14. The number of pyridine rings is 1. The van der Waals surface area contributed by atoms with E-state index < -0.39 is 12.0 Å². The lowest BCUT2D eigenvalue weighted by Gasteiger charge is -2.17. The summed E-state index contributed by atoms with van der Waals surface area (Å²) in [4.78, 5) is 33.0. The Labute approximate surface area is 174 Å². The van der Waals surface area contributed by atoms with Gasteiger partial charge in [0.25, 0.3) is 0 Å². The highest BCUT2D eigenvalue weighted by Gasteiger charge is 2.24. The van der Waals surface area contributed by atoms with Crippen LogP contribution in [0.15, 0.2) is 42.5 Å². The van der Waals surface area contributed by atoms with Gasteiger partial charge in [0.2, 0.25) is 11.8 Å². The molecule has 2 bridgehead atoms. The molecule has 2 N–H and O–H groups in total. The fourth-order valence-corrected chi connectivity index (χ4v) is 3.73. The van der Waals surface area contributed by atoms with E-state index in [0.717, 1.165) is 34.3 Å². The van der Waals surface area contributed by atoms with Crippen LogP contribution in [0.3, 0.4) is 0 Å². The number of benzene rings is 1. The van der Waals surface area contributed by atoms with Crippen molar-refractivity contribution in [3.8, 4) is 5.88 Å². The number of rotatable bonds is 2. The Morgan fingerprint density at radius 1 is 1.17 bits per heavy atom. The zero-order valence-electron chi connectivity index (χ0n) is 16.9. The number of aromatic nitrogens is 2. The van der Waals surface area contributed by atoms with Crippen LogP contribution in [0.1, 0.15) is 22.4 Å². The van der Waals surface area contributed by atoms with Gasteiger partial charge in [-0.1, -0.05) is 30.3 Å². The Hall–Kier alpha value is -3.61. The summed E-state index contributed by atoms with van der Waals surface area (Å²) in [6.45, 7) is 0. The van der Waals surface area contributed by atoms with Gasteiger partial charge in [-0.25, -0.2) is 9.78 Å². The molecule has 3 heterocycles. The molecule has 1 unspecified atom stereocenters. The second-order valence-corrected chi connectivity index (χ2v) is 7.22. The van der Waals surface area contributed by atoms with E-state index in [4.69, 9.17) is 9.47 Å². The minimum atomic E-state index is -0.761. The summed E-state index contributed by atoms with van der Waals surface area (Å²) in [5, 5.41) is 2.83. The van der Waals surface area contributed by atoms with Crippen molar-refractivity contribution in [2.24, 2.45) is 0 Å². The van der Waals surface area contributed by atoms with Gasteiger partial charge in [-0.3, -0.25) is 4.79 Å². The van der Waals surface area contributed by atoms with Crippen molar-refractivity contribution >= 4 is 29.0 Å². The molecule has 1 aromatic carbocycles. The number of fused-ring (bicyclic) bond motifs is 5. The maximum Gasteiger partial charge on any atom is 0.328 e. The van der Waals surface area contributed by atoms with Crippen LogP contribution in [0, 0.1) is 0 Å². The van der Waals surface area contributed by atoms with Gasteiger partial charge in [-0.05, 0) is 29.7 Å². The SMILES string of the molecule is COC(=O)C1Cc2cccc(c2)CC=Cc2[nH]c3ccc(OC)nc3c2CC(=O)N1. The predicted molar refractivity (Wildman–Crippen MR) is 113 cm³/mol. The highest BCUT2D eigenvalue weighted by Crippen LogP contribution is 2.25. The zero-order valence-corrected chi connectivity index (χ0v) is 16.9. The number of H-pyrrole nitrogens is 1. The van der Waals surface area contributed by atoms with Crippen molar-refractivity contribution in [1.29, 1.82) is 0 Å². The molecule has 154 valence electrons. The van der Waals surface area contributed by atoms with E-state index in [-0.39, 0.29) is 12.3 Å². The van der Waals surface area contributed by atoms with E-state index >= 15 is 0 Å². The first-order valence-electron chi connectivity index (χ1n) is 9.74. The Morgan fingerprint density at radius 3 is 2.80 bits per heavy atom. The molecule has 2 aromatic heterocycles. The van der Waals surface area contributed by atoms with E-state index in [1.165, 1.54) is 7.11 Å². The molecule has 3 aromatic rings. The van der Waals surface area contributed by atoms with Gasteiger partial charge in [0.05, 0.1) is 31.7 Å². The topological polar surface area (TPSA) is 93.3 Å². The van der Waals surface area contributed by atoms with Gasteiger partial charge in [-0.15, -0.1) is 0 Å². The number of esters is 1. The first-order valence-corrected chi connectivity index (χ1v) is 9.74. The van der Waals surface area contributed by atoms with E-state index in [1.54, 1.807) is 13.2 Å². The molecule has 0 radical (unpaired) electrons. The van der Waals surface area contributed by atoms with Gasteiger partial charge in [0.15, 0.2) is 0 Å². The molecule has 0 saturated carbocycles. The van der Waals surface area contributed by atoms with Gasteiger partial charge >= 0.3 is 5.97 Å². The first kappa shape index (κ1) is 19.7. The maximum absolute atomic E-state index is 12.9.